The molecule has 2 unspecified atom stereocenters. The van der Waals surface area contributed by atoms with Crippen molar-refractivity contribution in [2.75, 3.05) is 0 Å². The van der Waals surface area contributed by atoms with Gasteiger partial charge in [-0.15, -0.1) is 11.3 Å². The number of hydrogen-bond acceptors (Lipinski definition) is 2. The zero-order valence-electron chi connectivity index (χ0n) is 10.7. The number of hydrogen-bond donors (Lipinski definition) is 1. The van der Waals surface area contributed by atoms with Crippen LogP contribution in [0.4, 0.5) is 0 Å². The van der Waals surface area contributed by atoms with Crippen molar-refractivity contribution in [1.29, 1.82) is 0 Å². The van der Waals surface area contributed by atoms with Crippen LogP contribution in [-0.4, -0.2) is 6.04 Å². The Hall–Kier alpha value is 0.240. The van der Waals surface area contributed by atoms with Crippen LogP contribution in [0, 0.1) is 0 Å². The third-order valence-corrected chi connectivity index (χ3v) is 4.44. The fourth-order valence-electron chi connectivity index (χ4n) is 1.95. The van der Waals surface area contributed by atoms with E-state index in [-0.39, 0.29) is 6.04 Å². The molecule has 1 rings (SSSR count). The second kappa shape index (κ2) is 7.63. The first kappa shape index (κ1) is 15.3. The smallest absolute Gasteiger partial charge is 0.0991 e. The summed E-state index contributed by atoms with van der Waals surface area (Å²) in [5.41, 5.74) is 1.11. The Balaban J connectivity index is 2.43. The molecule has 0 saturated heterocycles. The van der Waals surface area contributed by atoms with E-state index in [1.54, 1.807) is 0 Å². The first-order chi connectivity index (χ1) is 8.04. The number of rotatable bonds is 7. The van der Waals surface area contributed by atoms with E-state index < -0.39 is 0 Å². The predicted molar refractivity (Wildman–Crippen MR) is 79.5 cm³/mol. The lowest BCUT2D eigenvalue weighted by Gasteiger charge is -2.19. The Morgan fingerprint density at radius 2 is 2.00 bits per heavy atom. The van der Waals surface area contributed by atoms with Gasteiger partial charge >= 0.3 is 0 Å². The first-order valence-electron chi connectivity index (χ1n) is 6.25. The lowest BCUT2D eigenvalue weighted by atomic mass is 10.1. The minimum Gasteiger partial charge on any atom is -0.308 e. The summed E-state index contributed by atoms with van der Waals surface area (Å²) >= 11 is 13.5. The monoisotopic (exact) mass is 293 g/mol. The molecule has 1 heterocycles. The number of nitrogens with one attached hydrogen (secondary N) is 1. The van der Waals surface area contributed by atoms with E-state index in [0.717, 1.165) is 14.2 Å². The van der Waals surface area contributed by atoms with Gasteiger partial charge in [0.2, 0.25) is 0 Å². The van der Waals surface area contributed by atoms with Crippen LogP contribution in [0.15, 0.2) is 6.07 Å². The zero-order chi connectivity index (χ0) is 12.8. The Labute approximate surface area is 119 Å². The molecule has 1 N–H and O–H groups in total. The maximum absolute atomic E-state index is 6.14. The van der Waals surface area contributed by atoms with E-state index in [1.807, 2.05) is 6.07 Å². The third kappa shape index (κ3) is 5.17. The highest BCUT2D eigenvalue weighted by atomic mass is 35.5. The Morgan fingerprint density at radius 1 is 1.29 bits per heavy atom. The molecule has 1 aromatic rings. The highest BCUT2D eigenvalue weighted by molar-refractivity contribution is 7.20. The number of unbranched alkanes of at least 4 members (excludes halogenated alkanes) is 2. The summed E-state index contributed by atoms with van der Waals surface area (Å²) in [5, 5.41) is 3.57. The van der Waals surface area contributed by atoms with Gasteiger partial charge in [-0.1, -0.05) is 49.4 Å². The van der Waals surface area contributed by atoms with Crippen molar-refractivity contribution in [2.45, 2.75) is 58.5 Å². The van der Waals surface area contributed by atoms with Gasteiger partial charge in [0.1, 0.15) is 0 Å². The van der Waals surface area contributed by atoms with E-state index in [9.17, 15) is 0 Å². The van der Waals surface area contributed by atoms with Crippen LogP contribution in [0.5, 0.6) is 0 Å². The second-order valence-corrected chi connectivity index (χ2v) is 6.85. The van der Waals surface area contributed by atoms with Crippen molar-refractivity contribution in [2.24, 2.45) is 0 Å². The first-order valence-corrected chi connectivity index (χ1v) is 7.82. The van der Waals surface area contributed by atoms with Gasteiger partial charge in [0.15, 0.2) is 0 Å². The van der Waals surface area contributed by atoms with Crippen LogP contribution in [0.1, 0.15) is 58.1 Å². The average molecular weight is 294 g/mol. The van der Waals surface area contributed by atoms with Crippen LogP contribution in [0.3, 0.4) is 0 Å². The van der Waals surface area contributed by atoms with Gasteiger partial charge in [-0.25, -0.2) is 0 Å². The van der Waals surface area contributed by atoms with Crippen LogP contribution in [-0.2, 0) is 0 Å². The molecule has 0 bridgehead atoms. The molecule has 1 aromatic heterocycles. The van der Waals surface area contributed by atoms with Gasteiger partial charge < -0.3 is 5.32 Å². The molecule has 0 radical (unpaired) electrons. The van der Waals surface area contributed by atoms with Crippen molar-refractivity contribution >= 4 is 34.5 Å². The molecule has 4 heteroatoms. The highest BCUT2D eigenvalue weighted by Crippen LogP contribution is 2.35. The van der Waals surface area contributed by atoms with Crippen molar-refractivity contribution in [3.05, 3.63) is 20.3 Å². The van der Waals surface area contributed by atoms with Crippen LogP contribution in [0.2, 0.25) is 8.67 Å². The van der Waals surface area contributed by atoms with E-state index in [4.69, 9.17) is 23.2 Å². The molecule has 98 valence electrons. The minimum absolute atomic E-state index is 0.267. The van der Waals surface area contributed by atoms with Gasteiger partial charge in [-0.05, 0) is 31.9 Å². The van der Waals surface area contributed by atoms with Crippen molar-refractivity contribution in [3.8, 4) is 0 Å². The normalized spacial score (nSPS) is 14.9. The molecule has 0 saturated carbocycles. The molecule has 0 aromatic carbocycles. The SMILES string of the molecule is CCCCCC(C)NC(C)c1cc(Cl)sc1Cl. The summed E-state index contributed by atoms with van der Waals surface area (Å²) in [5.74, 6) is 0. The standard InChI is InChI=1S/C13H21Cl2NS/c1-4-5-6-7-9(2)16-10(3)11-8-12(14)17-13(11)15/h8-10,16H,4-7H2,1-3H3. The van der Waals surface area contributed by atoms with Gasteiger partial charge in [0.05, 0.1) is 8.67 Å². The highest BCUT2D eigenvalue weighted by Gasteiger charge is 2.14. The minimum atomic E-state index is 0.267. The van der Waals surface area contributed by atoms with Crippen molar-refractivity contribution in [3.63, 3.8) is 0 Å². The zero-order valence-corrected chi connectivity index (χ0v) is 13.1. The van der Waals surface area contributed by atoms with E-state index in [1.165, 1.54) is 37.0 Å². The molecule has 0 aliphatic rings. The largest absolute Gasteiger partial charge is 0.308 e. The average Bonchev–Trinajstić information content (AvgIpc) is 2.58. The summed E-state index contributed by atoms with van der Waals surface area (Å²) in [6.45, 7) is 6.60. The molecule has 2 atom stereocenters. The van der Waals surface area contributed by atoms with Crippen LogP contribution < -0.4 is 5.32 Å². The van der Waals surface area contributed by atoms with Gasteiger partial charge in [-0.3, -0.25) is 0 Å². The van der Waals surface area contributed by atoms with E-state index >= 15 is 0 Å². The molecule has 0 amide bonds. The second-order valence-electron chi connectivity index (χ2n) is 4.56. The van der Waals surface area contributed by atoms with Crippen LogP contribution in [0.25, 0.3) is 0 Å². The summed E-state index contributed by atoms with van der Waals surface area (Å²) in [6.07, 6.45) is 5.09. The lowest BCUT2D eigenvalue weighted by molar-refractivity contribution is 0.441. The molecule has 0 fully saturated rings. The van der Waals surface area contributed by atoms with Gasteiger partial charge in [0, 0.05) is 12.1 Å². The Morgan fingerprint density at radius 3 is 2.53 bits per heavy atom. The number of thiophene rings is 1. The van der Waals surface area contributed by atoms with Gasteiger partial charge in [-0.2, -0.15) is 0 Å². The summed E-state index contributed by atoms with van der Waals surface area (Å²) in [4.78, 5) is 0. The fourth-order valence-corrected chi connectivity index (χ4v) is 3.59. The molecule has 0 aliphatic heterocycles. The Kier molecular flexibility index (Phi) is 6.86. The topological polar surface area (TPSA) is 12.0 Å². The molecule has 0 aliphatic carbocycles. The van der Waals surface area contributed by atoms with Crippen molar-refractivity contribution in [1.82, 2.24) is 5.32 Å². The predicted octanol–water partition coefficient (Wildman–Crippen LogP) is 5.67. The molecule has 1 nitrogen and oxygen atoms in total. The van der Waals surface area contributed by atoms with Crippen LogP contribution >= 0.6 is 34.5 Å². The maximum atomic E-state index is 6.14. The molecular weight excluding hydrogens is 273 g/mol. The quantitative estimate of drug-likeness (QED) is 0.638. The third-order valence-electron chi connectivity index (χ3n) is 2.92. The summed E-state index contributed by atoms with van der Waals surface area (Å²) in [6, 6.07) is 2.75. The van der Waals surface area contributed by atoms with Gasteiger partial charge in [0.25, 0.3) is 0 Å². The van der Waals surface area contributed by atoms with E-state index in [2.05, 4.69) is 26.1 Å². The van der Waals surface area contributed by atoms with E-state index in [0.29, 0.717) is 6.04 Å². The molecule has 0 spiro atoms. The summed E-state index contributed by atoms with van der Waals surface area (Å²) in [7, 11) is 0. The summed E-state index contributed by atoms with van der Waals surface area (Å²) < 4.78 is 1.56. The van der Waals surface area contributed by atoms with Crippen molar-refractivity contribution < 1.29 is 0 Å². The molecular formula is C13H21Cl2NS. The number of halogens is 2. The molecule has 17 heavy (non-hydrogen) atoms. The maximum Gasteiger partial charge on any atom is 0.0991 e. The fraction of sp³-hybridized carbons (Fsp3) is 0.692. The lowest BCUT2D eigenvalue weighted by Crippen LogP contribution is -2.28. The Bertz CT molecular complexity index is 338.